The Kier molecular flexibility index (Phi) is 9.61. The number of rotatable bonds is 12. The fourth-order valence-corrected chi connectivity index (χ4v) is 3.94. The molecule has 0 saturated carbocycles. The van der Waals surface area contributed by atoms with Crippen LogP contribution >= 0.6 is 11.6 Å². The number of ether oxygens (including phenoxy) is 4. The monoisotopic (exact) mass is 500 g/mol. The Hall–Kier alpha value is -2.99. The summed E-state index contributed by atoms with van der Waals surface area (Å²) in [5, 5.41) is 3.89. The second kappa shape index (κ2) is 12.6. The molecule has 0 bridgehead atoms. The first-order valence-electron chi connectivity index (χ1n) is 12.0. The first-order valence-corrected chi connectivity index (χ1v) is 12.3. The first-order chi connectivity index (χ1) is 16.8. The van der Waals surface area contributed by atoms with Crippen LogP contribution in [-0.2, 0) is 19.1 Å². The molecular formula is C28H33ClO6. The van der Waals surface area contributed by atoms with Crippen molar-refractivity contribution in [3.8, 4) is 11.5 Å². The molecule has 3 rings (SSSR count). The second-order valence-electron chi connectivity index (χ2n) is 9.23. The van der Waals surface area contributed by atoms with Crippen molar-refractivity contribution in [1.82, 2.24) is 0 Å². The van der Waals surface area contributed by atoms with Crippen LogP contribution in [0.25, 0.3) is 21.5 Å². The minimum Gasteiger partial charge on any atom is -0.489 e. The predicted molar refractivity (Wildman–Crippen MR) is 138 cm³/mol. The van der Waals surface area contributed by atoms with Gasteiger partial charge in [0.15, 0.2) is 0 Å². The average Bonchev–Trinajstić information content (AvgIpc) is 2.79. The molecular weight excluding hydrogens is 468 g/mol. The number of halogens is 1. The van der Waals surface area contributed by atoms with Crippen LogP contribution in [0.3, 0.4) is 0 Å². The Morgan fingerprint density at radius 3 is 1.63 bits per heavy atom. The number of hydrogen-bond acceptors (Lipinski definition) is 6. The molecule has 188 valence electrons. The quantitative estimate of drug-likeness (QED) is 0.159. The second-order valence-corrected chi connectivity index (χ2v) is 9.66. The van der Waals surface area contributed by atoms with Crippen LogP contribution in [0.5, 0.6) is 11.5 Å². The summed E-state index contributed by atoms with van der Waals surface area (Å²) in [5.74, 6) is 1.33. The first kappa shape index (κ1) is 26.6. The van der Waals surface area contributed by atoms with Crippen LogP contribution in [-0.4, -0.2) is 38.4 Å². The van der Waals surface area contributed by atoms with Crippen LogP contribution in [0.2, 0.25) is 5.02 Å². The molecule has 0 heterocycles. The van der Waals surface area contributed by atoms with Crippen molar-refractivity contribution < 1.29 is 28.5 Å². The van der Waals surface area contributed by atoms with Crippen molar-refractivity contribution in [2.45, 2.75) is 40.5 Å². The molecule has 0 aliphatic carbocycles. The highest BCUT2D eigenvalue weighted by atomic mass is 35.5. The van der Waals surface area contributed by atoms with Gasteiger partial charge in [0.1, 0.15) is 37.9 Å². The van der Waals surface area contributed by atoms with E-state index in [9.17, 15) is 9.59 Å². The molecule has 3 aromatic carbocycles. The zero-order valence-electron chi connectivity index (χ0n) is 20.8. The standard InChI is InChI=1S/C28H33ClO6/c1-18(2)15-25(30)32-11-13-34-27-21-7-5-6-8-22(21)28(24-17-20(29)9-10-23(24)27)35-14-12-33-26(31)16-19(3)4/h5-10,17-19H,11-16H2,1-4H3. The maximum atomic E-state index is 11.9. The molecule has 0 fully saturated rings. The molecule has 3 aromatic rings. The van der Waals surface area contributed by atoms with E-state index >= 15 is 0 Å². The van der Waals surface area contributed by atoms with Crippen LogP contribution in [0.4, 0.5) is 0 Å². The number of benzene rings is 3. The predicted octanol–water partition coefficient (Wildman–Crippen LogP) is 6.58. The third-order valence-corrected chi connectivity index (χ3v) is 5.46. The molecule has 7 heteroatoms. The Morgan fingerprint density at radius 1 is 0.686 bits per heavy atom. The smallest absolute Gasteiger partial charge is 0.306 e. The summed E-state index contributed by atoms with van der Waals surface area (Å²) in [5.41, 5.74) is 0. The summed E-state index contributed by atoms with van der Waals surface area (Å²) in [6.45, 7) is 8.63. The largest absolute Gasteiger partial charge is 0.489 e. The van der Waals surface area contributed by atoms with Crippen LogP contribution in [0.15, 0.2) is 42.5 Å². The molecule has 0 N–H and O–H groups in total. The summed E-state index contributed by atoms with van der Waals surface area (Å²) >= 11 is 6.33. The molecule has 0 unspecified atom stereocenters. The Morgan fingerprint density at radius 2 is 1.14 bits per heavy atom. The van der Waals surface area contributed by atoms with E-state index in [1.54, 1.807) is 6.07 Å². The van der Waals surface area contributed by atoms with Gasteiger partial charge in [0.2, 0.25) is 0 Å². The zero-order chi connectivity index (χ0) is 25.4. The topological polar surface area (TPSA) is 71.1 Å². The van der Waals surface area contributed by atoms with E-state index in [0.29, 0.717) is 29.4 Å². The lowest BCUT2D eigenvalue weighted by molar-refractivity contribution is -0.146. The van der Waals surface area contributed by atoms with Crippen molar-refractivity contribution in [2.75, 3.05) is 26.4 Å². The molecule has 0 aromatic heterocycles. The summed E-state index contributed by atoms with van der Waals surface area (Å²) in [4.78, 5) is 23.7. The van der Waals surface area contributed by atoms with Crippen molar-refractivity contribution >= 4 is 45.1 Å². The van der Waals surface area contributed by atoms with Gasteiger partial charge in [-0.1, -0.05) is 63.6 Å². The van der Waals surface area contributed by atoms with E-state index in [2.05, 4.69) is 0 Å². The van der Waals surface area contributed by atoms with E-state index in [1.807, 2.05) is 64.1 Å². The number of hydrogen-bond donors (Lipinski definition) is 0. The highest BCUT2D eigenvalue weighted by Crippen LogP contribution is 2.43. The molecule has 0 spiro atoms. The third kappa shape index (κ3) is 7.49. The van der Waals surface area contributed by atoms with Crippen molar-refractivity contribution in [3.63, 3.8) is 0 Å². The van der Waals surface area contributed by atoms with E-state index in [-0.39, 0.29) is 50.2 Å². The lowest BCUT2D eigenvalue weighted by Crippen LogP contribution is -2.14. The fraction of sp³-hybridized carbons (Fsp3) is 0.429. The van der Waals surface area contributed by atoms with Crippen molar-refractivity contribution in [2.24, 2.45) is 11.8 Å². The minimum absolute atomic E-state index is 0.155. The highest BCUT2D eigenvalue weighted by molar-refractivity contribution is 6.31. The van der Waals surface area contributed by atoms with Crippen molar-refractivity contribution in [3.05, 3.63) is 47.5 Å². The van der Waals surface area contributed by atoms with Gasteiger partial charge in [-0.2, -0.15) is 0 Å². The lowest BCUT2D eigenvalue weighted by Gasteiger charge is -2.18. The van der Waals surface area contributed by atoms with E-state index < -0.39 is 0 Å². The normalized spacial score (nSPS) is 11.3. The number of esters is 2. The number of carbonyl (C=O) groups is 2. The molecule has 6 nitrogen and oxygen atoms in total. The van der Waals surface area contributed by atoms with Gasteiger partial charge in [0.25, 0.3) is 0 Å². The molecule has 0 radical (unpaired) electrons. The van der Waals surface area contributed by atoms with E-state index in [4.69, 9.17) is 30.5 Å². The summed E-state index contributed by atoms with van der Waals surface area (Å²) in [6, 6.07) is 13.3. The molecule has 0 saturated heterocycles. The van der Waals surface area contributed by atoms with Gasteiger partial charge in [-0.3, -0.25) is 9.59 Å². The zero-order valence-corrected chi connectivity index (χ0v) is 21.5. The Labute approximate surface area is 211 Å². The van der Waals surface area contributed by atoms with E-state index in [0.717, 1.165) is 21.5 Å². The maximum absolute atomic E-state index is 11.9. The molecule has 0 aliphatic heterocycles. The van der Waals surface area contributed by atoms with Gasteiger partial charge in [-0.15, -0.1) is 0 Å². The minimum atomic E-state index is -0.237. The van der Waals surface area contributed by atoms with Gasteiger partial charge in [0.05, 0.1) is 0 Å². The average molecular weight is 501 g/mol. The summed E-state index contributed by atoms with van der Waals surface area (Å²) < 4.78 is 22.9. The Bertz CT molecular complexity index is 1170. The van der Waals surface area contributed by atoms with Gasteiger partial charge in [0, 0.05) is 39.4 Å². The molecule has 0 amide bonds. The summed E-state index contributed by atoms with van der Waals surface area (Å²) in [7, 11) is 0. The molecule has 0 atom stereocenters. The maximum Gasteiger partial charge on any atom is 0.306 e. The van der Waals surface area contributed by atoms with E-state index in [1.165, 1.54) is 0 Å². The number of fused-ring (bicyclic) bond motifs is 2. The highest BCUT2D eigenvalue weighted by Gasteiger charge is 2.17. The summed E-state index contributed by atoms with van der Waals surface area (Å²) in [6.07, 6.45) is 0.753. The number of carbonyl (C=O) groups excluding carboxylic acids is 2. The molecule has 0 aliphatic rings. The van der Waals surface area contributed by atoms with Gasteiger partial charge in [-0.05, 0) is 30.0 Å². The van der Waals surface area contributed by atoms with Crippen molar-refractivity contribution in [1.29, 1.82) is 0 Å². The van der Waals surface area contributed by atoms with Crippen LogP contribution < -0.4 is 9.47 Å². The SMILES string of the molecule is CC(C)CC(=O)OCCOc1c2ccccc2c(OCCOC(=O)CC(C)C)c2cc(Cl)ccc12. The Balaban J connectivity index is 1.83. The van der Waals surface area contributed by atoms with Gasteiger partial charge in [-0.25, -0.2) is 0 Å². The fourth-order valence-electron chi connectivity index (χ4n) is 3.77. The molecule has 35 heavy (non-hydrogen) atoms. The lowest BCUT2D eigenvalue weighted by atomic mass is 10.0. The van der Waals surface area contributed by atoms with Crippen LogP contribution in [0, 0.1) is 11.8 Å². The van der Waals surface area contributed by atoms with Gasteiger partial charge < -0.3 is 18.9 Å². The van der Waals surface area contributed by atoms with Crippen LogP contribution in [0.1, 0.15) is 40.5 Å². The van der Waals surface area contributed by atoms with Gasteiger partial charge >= 0.3 is 11.9 Å². The third-order valence-electron chi connectivity index (χ3n) is 5.22.